The maximum atomic E-state index is 4.44. The molecule has 1 heterocycles. The Hall–Kier alpha value is -2.55. The van der Waals surface area contributed by atoms with E-state index in [0.29, 0.717) is 0 Å². The zero-order valence-electron chi connectivity index (χ0n) is 20.5. The first kappa shape index (κ1) is 25.7. The maximum absolute atomic E-state index is 4.44. The fourth-order valence-electron chi connectivity index (χ4n) is 3.90. The molecule has 0 fully saturated rings. The number of unbranched alkanes of at least 4 members (excludes halogenated alkanes) is 6. The molecular formula is C29H41BN2. The molecule has 0 saturated carbocycles. The number of hydrogen-bond acceptors (Lipinski definition) is 1. The van der Waals surface area contributed by atoms with Crippen molar-refractivity contribution in [2.45, 2.75) is 78.2 Å². The molecule has 0 atom stereocenters. The van der Waals surface area contributed by atoms with Crippen LogP contribution in [0.1, 0.15) is 82.2 Å². The molecule has 170 valence electrons. The summed E-state index contributed by atoms with van der Waals surface area (Å²) in [6, 6.07) is 20.9. The highest BCUT2D eigenvalue weighted by Crippen LogP contribution is 2.21. The highest BCUT2D eigenvalue weighted by Gasteiger charge is 2.02. The third kappa shape index (κ3) is 9.30. The maximum Gasteiger partial charge on any atom is 0.130 e. The Morgan fingerprint density at radius 1 is 0.781 bits per heavy atom. The summed E-state index contributed by atoms with van der Waals surface area (Å²) in [5, 5.41) is 0. The summed E-state index contributed by atoms with van der Waals surface area (Å²) < 4.78 is 2.34. The number of rotatable bonds is 12. The predicted octanol–water partition coefficient (Wildman–Crippen LogP) is 7.30. The Balaban J connectivity index is 0.000000228. The Labute approximate surface area is 197 Å². The van der Waals surface area contributed by atoms with E-state index in [9.17, 15) is 0 Å². The molecule has 3 rings (SSSR count). The highest BCUT2D eigenvalue weighted by molar-refractivity contribution is 6.21. The van der Waals surface area contributed by atoms with E-state index in [0.717, 1.165) is 13.0 Å². The molecule has 0 spiro atoms. The molecule has 3 heteroatoms. The molecule has 0 radical (unpaired) electrons. The summed E-state index contributed by atoms with van der Waals surface area (Å²) in [6.45, 7) is 5.66. The average molecular weight is 428 g/mol. The van der Waals surface area contributed by atoms with Crippen LogP contribution in [0.5, 0.6) is 0 Å². The standard InChI is InChI=1S/C15H28N2.C14H13B/c1-3-5-7-8-9-10-13-17-14-12-16-15(17)11-6-4-2;15-11-14(12-7-3-1-4-8-12)13-9-5-2-6-10-13/h12,14H,3-11,13H2,1-2H3;1-11H,15H2. The van der Waals surface area contributed by atoms with Gasteiger partial charge in [-0.05, 0) is 29.5 Å². The molecule has 0 aliphatic rings. The van der Waals surface area contributed by atoms with Crippen molar-refractivity contribution < 1.29 is 0 Å². The third-order valence-corrected chi connectivity index (χ3v) is 5.77. The molecule has 2 nitrogen and oxygen atoms in total. The van der Waals surface area contributed by atoms with Crippen molar-refractivity contribution in [1.29, 1.82) is 0 Å². The number of benzene rings is 2. The van der Waals surface area contributed by atoms with Crippen LogP contribution in [0.3, 0.4) is 0 Å². The van der Waals surface area contributed by atoms with Gasteiger partial charge in [0.2, 0.25) is 0 Å². The van der Waals surface area contributed by atoms with Gasteiger partial charge < -0.3 is 4.57 Å². The Morgan fingerprint density at radius 3 is 1.91 bits per heavy atom. The quantitative estimate of drug-likeness (QED) is 0.219. The van der Waals surface area contributed by atoms with Gasteiger partial charge in [0.25, 0.3) is 0 Å². The van der Waals surface area contributed by atoms with E-state index < -0.39 is 0 Å². The Bertz CT molecular complexity index is 827. The smallest absolute Gasteiger partial charge is 0.130 e. The normalized spacial score (nSPS) is 10.3. The first-order valence-electron chi connectivity index (χ1n) is 12.6. The minimum atomic E-state index is 1.14. The topological polar surface area (TPSA) is 17.8 Å². The van der Waals surface area contributed by atoms with Crippen LogP contribution in [0.2, 0.25) is 0 Å². The van der Waals surface area contributed by atoms with Crippen molar-refractivity contribution in [2.24, 2.45) is 0 Å². The molecule has 0 amide bonds. The molecule has 0 bridgehead atoms. The average Bonchev–Trinajstić information content (AvgIpc) is 3.29. The van der Waals surface area contributed by atoms with E-state index in [1.54, 1.807) is 0 Å². The van der Waals surface area contributed by atoms with Crippen molar-refractivity contribution in [2.75, 3.05) is 0 Å². The number of imidazole rings is 1. The number of aromatic nitrogens is 2. The predicted molar refractivity (Wildman–Crippen MR) is 143 cm³/mol. The van der Waals surface area contributed by atoms with Gasteiger partial charge in [0.1, 0.15) is 13.7 Å². The first-order chi connectivity index (χ1) is 15.8. The third-order valence-electron chi connectivity index (χ3n) is 5.77. The minimum absolute atomic E-state index is 1.14. The van der Waals surface area contributed by atoms with Gasteiger partial charge in [-0.2, -0.15) is 0 Å². The molecule has 0 unspecified atom stereocenters. The van der Waals surface area contributed by atoms with Gasteiger partial charge in [0.15, 0.2) is 0 Å². The summed E-state index contributed by atoms with van der Waals surface area (Å²) in [7, 11) is 2.08. The number of aryl methyl sites for hydroxylation is 2. The van der Waals surface area contributed by atoms with Gasteiger partial charge in [-0.1, -0.05) is 113 Å². The molecule has 0 aliphatic heterocycles. The van der Waals surface area contributed by atoms with Gasteiger partial charge >= 0.3 is 0 Å². The molecule has 3 aromatic rings. The lowest BCUT2D eigenvalue weighted by molar-refractivity contribution is 0.542. The van der Waals surface area contributed by atoms with Gasteiger partial charge in [-0.15, -0.1) is 5.98 Å². The SMILES string of the molecule is BC=C(c1ccccc1)c1ccccc1.CCCCCCCCn1ccnc1CCCC. The van der Waals surface area contributed by atoms with Crippen LogP contribution < -0.4 is 0 Å². The monoisotopic (exact) mass is 428 g/mol. The second-order valence-corrected chi connectivity index (χ2v) is 8.34. The van der Waals surface area contributed by atoms with E-state index in [2.05, 4.69) is 91.9 Å². The van der Waals surface area contributed by atoms with Crippen LogP contribution >= 0.6 is 0 Å². The van der Waals surface area contributed by atoms with Crippen molar-refractivity contribution >= 4 is 13.4 Å². The summed E-state index contributed by atoms with van der Waals surface area (Å²) in [4.78, 5) is 4.44. The number of nitrogens with zero attached hydrogens (tertiary/aromatic N) is 2. The van der Waals surface area contributed by atoms with Crippen LogP contribution in [0, 0.1) is 0 Å². The lowest BCUT2D eigenvalue weighted by atomic mass is 9.92. The van der Waals surface area contributed by atoms with Crippen LogP contribution in [-0.2, 0) is 13.0 Å². The molecular weight excluding hydrogens is 387 g/mol. The fraction of sp³-hybridized carbons (Fsp3) is 0.414. The van der Waals surface area contributed by atoms with E-state index in [1.807, 2.05) is 18.3 Å². The van der Waals surface area contributed by atoms with E-state index in [1.165, 1.54) is 73.9 Å². The Morgan fingerprint density at radius 2 is 1.34 bits per heavy atom. The Kier molecular flexibility index (Phi) is 13.0. The minimum Gasteiger partial charge on any atom is -0.335 e. The van der Waals surface area contributed by atoms with Crippen molar-refractivity contribution in [3.63, 3.8) is 0 Å². The van der Waals surface area contributed by atoms with Gasteiger partial charge in [-0.3, -0.25) is 0 Å². The van der Waals surface area contributed by atoms with Crippen LogP contribution in [-0.4, -0.2) is 17.4 Å². The highest BCUT2D eigenvalue weighted by atomic mass is 15.1. The zero-order chi connectivity index (χ0) is 22.9. The first-order valence-corrected chi connectivity index (χ1v) is 12.6. The van der Waals surface area contributed by atoms with Crippen LogP contribution in [0.25, 0.3) is 5.57 Å². The summed E-state index contributed by atoms with van der Waals surface area (Å²) in [6.07, 6.45) is 15.9. The van der Waals surface area contributed by atoms with Crippen molar-refractivity contribution in [3.05, 3.63) is 96.0 Å². The molecule has 1 aromatic heterocycles. The van der Waals surface area contributed by atoms with Crippen molar-refractivity contribution in [3.8, 4) is 0 Å². The lowest BCUT2D eigenvalue weighted by Crippen LogP contribution is -2.03. The molecule has 2 aromatic carbocycles. The van der Waals surface area contributed by atoms with E-state index in [4.69, 9.17) is 0 Å². The largest absolute Gasteiger partial charge is 0.335 e. The van der Waals surface area contributed by atoms with Gasteiger partial charge in [-0.25, -0.2) is 4.98 Å². The second kappa shape index (κ2) is 16.1. The van der Waals surface area contributed by atoms with Gasteiger partial charge in [0, 0.05) is 25.4 Å². The van der Waals surface area contributed by atoms with E-state index >= 15 is 0 Å². The second-order valence-electron chi connectivity index (χ2n) is 8.34. The fourth-order valence-corrected chi connectivity index (χ4v) is 3.90. The summed E-state index contributed by atoms with van der Waals surface area (Å²) in [5.74, 6) is 3.44. The summed E-state index contributed by atoms with van der Waals surface area (Å²) in [5.41, 5.74) is 3.83. The van der Waals surface area contributed by atoms with Crippen molar-refractivity contribution in [1.82, 2.24) is 9.55 Å². The molecule has 0 N–H and O–H groups in total. The molecule has 32 heavy (non-hydrogen) atoms. The van der Waals surface area contributed by atoms with Gasteiger partial charge in [0.05, 0.1) is 0 Å². The zero-order valence-corrected chi connectivity index (χ0v) is 20.5. The molecule has 0 saturated heterocycles. The molecule has 0 aliphatic carbocycles. The number of hydrogen-bond donors (Lipinski definition) is 0. The van der Waals surface area contributed by atoms with E-state index in [-0.39, 0.29) is 0 Å². The van der Waals surface area contributed by atoms with Crippen LogP contribution in [0.4, 0.5) is 0 Å². The van der Waals surface area contributed by atoms with Crippen LogP contribution in [0.15, 0.2) is 79.0 Å². The lowest BCUT2D eigenvalue weighted by Gasteiger charge is -2.07. The summed E-state index contributed by atoms with van der Waals surface area (Å²) >= 11 is 0.